The van der Waals surface area contributed by atoms with Crippen LogP contribution in [0.5, 0.6) is 0 Å². The number of hydrazone groups is 1. The Bertz CT molecular complexity index is 1460. The summed E-state index contributed by atoms with van der Waals surface area (Å²) in [6, 6.07) is 20.8. The Morgan fingerprint density at radius 3 is 2.18 bits per heavy atom. The molecule has 1 amide bonds. The van der Waals surface area contributed by atoms with Crippen molar-refractivity contribution in [1.29, 1.82) is 0 Å². The zero-order valence-electron chi connectivity index (χ0n) is 20.2. The smallest absolute Gasteiger partial charge is 0.264 e. The Kier molecular flexibility index (Phi) is 8.37. The van der Waals surface area contributed by atoms with Crippen molar-refractivity contribution in [2.45, 2.75) is 29.9 Å². The van der Waals surface area contributed by atoms with Crippen LogP contribution >= 0.6 is 23.2 Å². The van der Waals surface area contributed by atoms with Crippen molar-refractivity contribution in [2.24, 2.45) is 15.8 Å². The molecule has 3 aromatic rings. The summed E-state index contributed by atoms with van der Waals surface area (Å²) < 4.78 is 29.0. The van der Waals surface area contributed by atoms with E-state index in [0.29, 0.717) is 15.8 Å². The van der Waals surface area contributed by atoms with Crippen LogP contribution in [0.1, 0.15) is 24.0 Å². The Labute approximate surface area is 230 Å². The van der Waals surface area contributed by atoms with Gasteiger partial charge in [-0.3, -0.25) is 4.79 Å². The minimum atomic E-state index is -4.18. The molecule has 0 fully saturated rings. The van der Waals surface area contributed by atoms with Gasteiger partial charge in [0.1, 0.15) is 0 Å². The van der Waals surface area contributed by atoms with Crippen molar-refractivity contribution in [3.8, 4) is 0 Å². The van der Waals surface area contributed by atoms with Crippen LogP contribution in [0.2, 0.25) is 10.0 Å². The maximum atomic E-state index is 13.3. The molecular weight excluding hydrogens is 549 g/mol. The lowest BCUT2D eigenvalue weighted by Gasteiger charge is -2.22. The van der Waals surface area contributed by atoms with Crippen LogP contribution in [-0.4, -0.2) is 54.8 Å². The third kappa shape index (κ3) is 6.33. The van der Waals surface area contributed by atoms with E-state index in [4.69, 9.17) is 34.0 Å². The fourth-order valence-corrected chi connectivity index (χ4v) is 5.20. The Balaban J connectivity index is 1.81. The number of nitrogens with one attached hydrogen (secondary N) is 1. The number of hydrogen-bond acceptors (Lipinski definition) is 6. The number of nitrogens with two attached hydrogens (primary N) is 1. The number of aliphatic imine (C=N–C) groups is 1. The Morgan fingerprint density at radius 2 is 1.63 bits per heavy atom. The van der Waals surface area contributed by atoms with Crippen molar-refractivity contribution in [1.82, 2.24) is 9.73 Å². The van der Waals surface area contributed by atoms with E-state index in [2.05, 4.69) is 9.71 Å². The van der Waals surface area contributed by atoms with Gasteiger partial charge in [-0.15, -0.1) is 0 Å². The van der Waals surface area contributed by atoms with Gasteiger partial charge >= 0.3 is 0 Å². The first kappa shape index (κ1) is 27.6. The minimum absolute atomic E-state index is 0.0806. The fraction of sp³-hybridized carbons (Fsp3) is 0.192. The standard InChI is InChI=1S/C26H25Cl2N5O4S/c1-16(34)23(25(29)35)30-26(32-38(36,37)21-13-11-20(28)12-14-21)33-15-22(17-5-3-2-4-6-17)24(31-33)18-7-9-19(27)10-8-18/h2-14,16,22-23,34H,15H2,1H3,(H2,29,35)(H,30,32)/t16-,22-,23+/m1/s1. The zero-order chi connectivity index (χ0) is 27.4. The number of aliphatic hydroxyl groups is 1. The van der Waals surface area contributed by atoms with E-state index in [1.165, 1.54) is 36.2 Å². The number of carbonyl (C=O) groups excluding carboxylic acids is 1. The molecule has 4 N–H and O–H groups in total. The number of nitrogens with zero attached hydrogens (tertiary/aromatic N) is 3. The van der Waals surface area contributed by atoms with Crippen molar-refractivity contribution >= 4 is 50.8 Å². The average molecular weight is 574 g/mol. The molecule has 1 aliphatic rings. The molecule has 38 heavy (non-hydrogen) atoms. The van der Waals surface area contributed by atoms with Crippen molar-refractivity contribution in [3.63, 3.8) is 0 Å². The van der Waals surface area contributed by atoms with Gasteiger partial charge in [-0.05, 0) is 54.4 Å². The number of aliphatic hydroxyl groups excluding tert-OH is 1. The molecule has 198 valence electrons. The highest BCUT2D eigenvalue weighted by molar-refractivity contribution is 7.90. The molecule has 9 nitrogen and oxygen atoms in total. The second kappa shape index (κ2) is 11.5. The molecule has 0 radical (unpaired) electrons. The van der Waals surface area contributed by atoms with Gasteiger partial charge in [0.15, 0.2) is 6.04 Å². The van der Waals surface area contributed by atoms with E-state index in [1.54, 1.807) is 12.1 Å². The topological polar surface area (TPSA) is 137 Å². The molecule has 0 spiro atoms. The summed E-state index contributed by atoms with van der Waals surface area (Å²) in [6.45, 7) is 1.53. The summed E-state index contributed by atoms with van der Waals surface area (Å²) in [6.07, 6.45) is -1.28. The predicted molar refractivity (Wildman–Crippen MR) is 148 cm³/mol. The lowest BCUT2D eigenvalue weighted by molar-refractivity contribution is -0.121. The highest BCUT2D eigenvalue weighted by Gasteiger charge is 2.34. The number of carbonyl (C=O) groups is 1. The van der Waals surface area contributed by atoms with E-state index >= 15 is 0 Å². The molecule has 4 rings (SSSR count). The molecule has 0 saturated heterocycles. The van der Waals surface area contributed by atoms with Gasteiger partial charge in [-0.25, -0.2) is 23.1 Å². The largest absolute Gasteiger partial charge is 0.391 e. The van der Waals surface area contributed by atoms with E-state index < -0.39 is 28.1 Å². The quantitative estimate of drug-likeness (QED) is 0.294. The molecule has 0 unspecified atom stereocenters. The van der Waals surface area contributed by atoms with Crippen LogP contribution in [0, 0.1) is 0 Å². The average Bonchev–Trinajstić information content (AvgIpc) is 3.33. The van der Waals surface area contributed by atoms with Gasteiger partial charge in [-0.1, -0.05) is 65.7 Å². The number of rotatable bonds is 7. The van der Waals surface area contributed by atoms with Crippen LogP contribution < -0.4 is 10.5 Å². The molecule has 0 aliphatic carbocycles. The highest BCUT2D eigenvalue weighted by atomic mass is 35.5. The van der Waals surface area contributed by atoms with Crippen LogP contribution in [0.25, 0.3) is 0 Å². The second-order valence-electron chi connectivity index (χ2n) is 8.64. The summed E-state index contributed by atoms with van der Waals surface area (Å²) in [4.78, 5) is 16.2. The molecule has 0 aromatic heterocycles. The molecule has 1 aliphatic heterocycles. The van der Waals surface area contributed by atoms with Gasteiger partial charge in [0.25, 0.3) is 10.0 Å². The third-order valence-electron chi connectivity index (χ3n) is 5.86. The number of primary amides is 1. The SMILES string of the molecule is C[C@@H](O)[C@H](N=C(NS(=O)(=O)c1ccc(Cl)cc1)N1C[C@H](c2ccccc2)C(c2ccc(Cl)cc2)=N1)C(N)=O. The number of sulfonamides is 1. The molecule has 12 heteroatoms. The lowest BCUT2D eigenvalue weighted by atomic mass is 9.91. The Morgan fingerprint density at radius 1 is 1.05 bits per heavy atom. The van der Waals surface area contributed by atoms with Crippen LogP contribution in [0.15, 0.2) is 93.9 Å². The highest BCUT2D eigenvalue weighted by Crippen LogP contribution is 2.30. The predicted octanol–water partition coefficient (Wildman–Crippen LogP) is 3.37. The number of hydrogen-bond donors (Lipinski definition) is 3. The first-order chi connectivity index (χ1) is 18.0. The van der Waals surface area contributed by atoms with Gasteiger partial charge in [-0.2, -0.15) is 5.10 Å². The van der Waals surface area contributed by atoms with Gasteiger partial charge < -0.3 is 10.8 Å². The molecule has 1 heterocycles. The van der Waals surface area contributed by atoms with Crippen LogP contribution in [-0.2, 0) is 14.8 Å². The summed E-state index contributed by atoms with van der Waals surface area (Å²) >= 11 is 12.0. The van der Waals surface area contributed by atoms with Gasteiger partial charge in [0, 0.05) is 16.0 Å². The first-order valence-corrected chi connectivity index (χ1v) is 13.8. The van der Waals surface area contributed by atoms with Crippen molar-refractivity contribution in [2.75, 3.05) is 6.54 Å². The number of amides is 1. The zero-order valence-corrected chi connectivity index (χ0v) is 22.5. The molecule has 3 aromatic carbocycles. The van der Waals surface area contributed by atoms with Crippen molar-refractivity contribution < 1.29 is 18.3 Å². The van der Waals surface area contributed by atoms with E-state index in [-0.39, 0.29) is 23.3 Å². The maximum Gasteiger partial charge on any atom is 0.264 e. The third-order valence-corrected chi connectivity index (χ3v) is 7.71. The van der Waals surface area contributed by atoms with Gasteiger partial charge in [0.05, 0.1) is 23.3 Å². The van der Waals surface area contributed by atoms with Crippen molar-refractivity contribution in [3.05, 3.63) is 100 Å². The lowest BCUT2D eigenvalue weighted by Crippen LogP contribution is -2.45. The van der Waals surface area contributed by atoms with Crippen LogP contribution in [0.4, 0.5) is 0 Å². The van der Waals surface area contributed by atoms with E-state index in [0.717, 1.165) is 11.1 Å². The normalized spacial score (nSPS) is 17.6. The Hall–Kier alpha value is -3.44. The fourth-order valence-electron chi connectivity index (χ4n) is 3.94. The number of guanidine groups is 1. The molecular formula is C26H25Cl2N5O4S. The molecule has 3 atom stereocenters. The molecule has 0 bridgehead atoms. The summed E-state index contributed by atoms with van der Waals surface area (Å²) in [5, 5.41) is 17.1. The number of halogens is 2. The minimum Gasteiger partial charge on any atom is -0.391 e. The van der Waals surface area contributed by atoms with E-state index in [1.807, 2.05) is 42.5 Å². The van der Waals surface area contributed by atoms with E-state index in [9.17, 15) is 18.3 Å². The molecule has 0 saturated carbocycles. The summed E-state index contributed by atoms with van der Waals surface area (Å²) in [5.74, 6) is -1.47. The maximum absolute atomic E-state index is 13.3. The monoisotopic (exact) mass is 573 g/mol. The second-order valence-corrected chi connectivity index (χ2v) is 11.2. The summed E-state index contributed by atoms with van der Waals surface area (Å²) in [7, 11) is -4.18. The summed E-state index contributed by atoms with van der Waals surface area (Å²) in [5.41, 5.74) is 7.81. The number of benzene rings is 3. The van der Waals surface area contributed by atoms with Gasteiger partial charge in [0.2, 0.25) is 11.9 Å². The first-order valence-electron chi connectivity index (χ1n) is 11.6. The van der Waals surface area contributed by atoms with Crippen LogP contribution in [0.3, 0.4) is 0 Å².